The van der Waals surface area contributed by atoms with E-state index in [0.717, 1.165) is 6.42 Å². The smallest absolute Gasteiger partial charge is 0.222 e. The molecule has 0 aromatic heterocycles. The van der Waals surface area contributed by atoms with Gasteiger partial charge in [0, 0.05) is 19.0 Å². The molecule has 5 heteroatoms. The Balaban J connectivity index is 0.00000324. The molecule has 1 fully saturated rings. The van der Waals surface area contributed by atoms with Gasteiger partial charge in [-0.25, -0.2) is 0 Å². The van der Waals surface area contributed by atoms with Crippen LogP contribution in [-0.2, 0) is 9.53 Å². The van der Waals surface area contributed by atoms with Gasteiger partial charge in [0.15, 0.2) is 0 Å². The molecule has 114 valence electrons. The lowest BCUT2D eigenvalue weighted by atomic mass is 10.1. The van der Waals surface area contributed by atoms with Gasteiger partial charge in [-0.15, -0.1) is 12.4 Å². The maximum atomic E-state index is 11.7. The van der Waals surface area contributed by atoms with Gasteiger partial charge < -0.3 is 15.8 Å². The lowest BCUT2D eigenvalue weighted by molar-refractivity contribution is -0.123. The van der Waals surface area contributed by atoms with Crippen molar-refractivity contribution in [3.63, 3.8) is 0 Å². The van der Waals surface area contributed by atoms with Crippen molar-refractivity contribution in [3.8, 4) is 0 Å². The minimum absolute atomic E-state index is 0. The highest BCUT2D eigenvalue weighted by Gasteiger charge is 2.31. The molecule has 1 rings (SSSR count). The van der Waals surface area contributed by atoms with Gasteiger partial charge in [0.1, 0.15) is 0 Å². The number of hydrogen-bond acceptors (Lipinski definition) is 3. The summed E-state index contributed by atoms with van der Waals surface area (Å²) in [5, 5.41) is 3.00. The van der Waals surface area contributed by atoms with Gasteiger partial charge in [-0.05, 0) is 38.0 Å². The number of nitrogens with one attached hydrogen (secondary N) is 1. The lowest BCUT2D eigenvalue weighted by Crippen LogP contribution is -2.42. The van der Waals surface area contributed by atoms with Gasteiger partial charge in [-0.2, -0.15) is 0 Å². The maximum Gasteiger partial charge on any atom is 0.222 e. The molecule has 0 aliphatic heterocycles. The summed E-state index contributed by atoms with van der Waals surface area (Å²) in [7, 11) is 0. The number of ether oxygens (including phenoxy) is 1. The van der Waals surface area contributed by atoms with E-state index in [1.807, 2.05) is 0 Å². The fraction of sp³-hybridized carbons (Fsp3) is 0.929. The maximum absolute atomic E-state index is 11.7. The number of rotatable bonds is 9. The summed E-state index contributed by atoms with van der Waals surface area (Å²) in [6.45, 7) is 7.45. The van der Waals surface area contributed by atoms with Crippen LogP contribution in [0.25, 0.3) is 0 Å². The van der Waals surface area contributed by atoms with Gasteiger partial charge in [0.25, 0.3) is 0 Å². The van der Waals surface area contributed by atoms with Crippen molar-refractivity contribution in [1.29, 1.82) is 0 Å². The minimum atomic E-state index is 0. The van der Waals surface area contributed by atoms with Crippen LogP contribution in [0.4, 0.5) is 0 Å². The van der Waals surface area contributed by atoms with Crippen molar-refractivity contribution in [2.45, 2.75) is 58.6 Å². The van der Waals surface area contributed by atoms with E-state index in [-0.39, 0.29) is 30.5 Å². The first-order valence-electron chi connectivity index (χ1n) is 7.14. The molecule has 0 saturated heterocycles. The summed E-state index contributed by atoms with van der Waals surface area (Å²) in [6.07, 6.45) is 4.10. The van der Waals surface area contributed by atoms with Crippen molar-refractivity contribution in [3.05, 3.63) is 0 Å². The van der Waals surface area contributed by atoms with E-state index in [9.17, 15) is 4.79 Å². The predicted octanol–water partition coefficient (Wildman–Crippen LogP) is 2.10. The van der Waals surface area contributed by atoms with Crippen molar-refractivity contribution in [1.82, 2.24) is 5.32 Å². The zero-order valence-corrected chi connectivity index (χ0v) is 13.2. The van der Waals surface area contributed by atoms with Crippen molar-refractivity contribution >= 4 is 18.3 Å². The van der Waals surface area contributed by atoms with Gasteiger partial charge in [0.2, 0.25) is 5.91 Å². The average molecular weight is 293 g/mol. The molecule has 1 aliphatic carbocycles. The van der Waals surface area contributed by atoms with Crippen molar-refractivity contribution in [2.75, 3.05) is 13.2 Å². The van der Waals surface area contributed by atoms with Crippen LogP contribution in [0.1, 0.15) is 46.5 Å². The van der Waals surface area contributed by atoms with Gasteiger partial charge in [0.05, 0.1) is 12.7 Å². The second kappa shape index (κ2) is 9.56. The van der Waals surface area contributed by atoms with E-state index < -0.39 is 0 Å². The van der Waals surface area contributed by atoms with E-state index in [0.29, 0.717) is 31.4 Å². The highest BCUT2D eigenvalue weighted by Crippen LogP contribution is 2.32. The fourth-order valence-corrected chi connectivity index (χ4v) is 2.23. The zero-order chi connectivity index (χ0) is 13.5. The predicted molar refractivity (Wildman–Crippen MR) is 80.4 cm³/mol. The van der Waals surface area contributed by atoms with Crippen LogP contribution in [0.3, 0.4) is 0 Å². The second-order valence-electron chi connectivity index (χ2n) is 5.81. The number of hydrogen-bond donors (Lipinski definition) is 2. The van der Waals surface area contributed by atoms with Gasteiger partial charge in [-0.1, -0.05) is 13.8 Å². The summed E-state index contributed by atoms with van der Waals surface area (Å²) in [5.74, 6) is 1.30. The molecule has 2 unspecified atom stereocenters. The first-order valence-corrected chi connectivity index (χ1v) is 7.14. The van der Waals surface area contributed by atoms with Crippen LogP contribution >= 0.6 is 12.4 Å². The highest BCUT2D eigenvalue weighted by atomic mass is 35.5. The summed E-state index contributed by atoms with van der Waals surface area (Å²) >= 11 is 0. The third-order valence-corrected chi connectivity index (χ3v) is 3.33. The average Bonchev–Trinajstić information content (AvgIpc) is 3.08. The largest absolute Gasteiger partial charge is 0.378 e. The Morgan fingerprint density at radius 2 is 2.00 bits per heavy atom. The number of carbonyl (C=O) groups excluding carboxylic acids is 1. The van der Waals surface area contributed by atoms with Crippen LogP contribution < -0.4 is 11.1 Å². The number of halogens is 1. The first-order chi connectivity index (χ1) is 8.52. The summed E-state index contributed by atoms with van der Waals surface area (Å²) < 4.78 is 5.62. The topological polar surface area (TPSA) is 64.3 Å². The Bertz CT molecular complexity index is 258. The molecule has 0 heterocycles. The Morgan fingerprint density at radius 3 is 2.47 bits per heavy atom. The number of carbonyl (C=O) groups is 1. The molecule has 0 bridgehead atoms. The molecule has 4 nitrogen and oxygen atoms in total. The molecule has 0 spiro atoms. The van der Waals surface area contributed by atoms with Crippen LogP contribution in [-0.4, -0.2) is 31.2 Å². The monoisotopic (exact) mass is 292 g/mol. The zero-order valence-electron chi connectivity index (χ0n) is 12.4. The molecule has 2 atom stereocenters. The van der Waals surface area contributed by atoms with Crippen molar-refractivity contribution < 1.29 is 9.53 Å². The molecule has 3 N–H and O–H groups in total. The third-order valence-electron chi connectivity index (χ3n) is 3.33. The fourth-order valence-electron chi connectivity index (χ4n) is 2.23. The molecule has 1 saturated carbocycles. The summed E-state index contributed by atoms with van der Waals surface area (Å²) in [4.78, 5) is 11.7. The quantitative estimate of drug-likeness (QED) is 0.684. The normalized spacial score (nSPS) is 17.7. The van der Waals surface area contributed by atoms with Crippen LogP contribution in [0.15, 0.2) is 0 Å². The van der Waals surface area contributed by atoms with Crippen LogP contribution in [0.5, 0.6) is 0 Å². The molecule has 0 aromatic rings. The standard InChI is InChI=1S/C14H28N2O2.ClH/c1-10(2)8-11(3)18-7-6-14(17)16-13(9-15)12-4-5-12;/h10-13H,4-9,15H2,1-3H3,(H,16,17);1H. The SMILES string of the molecule is CC(C)CC(C)OCCC(=O)NC(CN)C1CC1.Cl. The second-order valence-corrected chi connectivity index (χ2v) is 5.81. The number of amides is 1. The number of nitrogens with two attached hydrogens (primary N) is 1. The van der Waals surface area contributed by atoms with Gasteiger partial charge in [-0.3, -0.25) is 4.79 Å². The third kappa shape index (κ3) is 8.45. The Morgan fingerprint density at radius 1 is 1.37 bits per heavy atom. The minimum Gasteiger partial charge on any atom is -0.378 e. The van der Waals surface area contributed by atoms with Crippen LogP contribution in [0.2, 0.25) is 0 Å². The molecule has 19 heavy (non-hydrogen) atoms. The summed E-state index contributed by atoms with van der Waals surface area (Å²) in [5.41, 5.74) is 5.65. The lowest BCUT2D eigenvalue weighted by Gasteiger charge is -2.17. The van der Waals surface area contributed by atoms with Crippen LogP contribution in [0, 0.1) is 11.8 Å². The molecule has 1 aliphatic rings. The molecule has 0 aromatic carbocycles. The van der Waals surface area contributed by atoms with E-state index in [2.05, 4.69) is 26.1 Å². The highest BCUT2D eigenvalue weighted by molar-refractivity contribution is 5.85. The van der Waals surface area contributed by atoms with E-state index in [1.165, 1.54) is 12.8 Å². The Kier molecular flexibility index (Phi) is 9.40. The Labute approximate surface area is 123 Å². The van der Waals surface area contributed by atoms with E-state index in [1.54, 1.807) is 0 Å². The summed E-state index contributed by atoms with van der Waals surface area (Å²) in [6, 6.07) is 0.172. The van der Waals surface area contributed by atoms with E-state index >= 15 is 0 Å². The Hall–Kier alpha value is -0.320. The van der Waals surface area contributed by atoms with E-state index in [4.69, 9.17) is 10.5 Å². The molecular formula is C14H29ClN2O2. The first kappa shape index (κ1) is 18.7. The van der Waals surface area contributed by atoms with Gasteiger partial charge >= 0.3 is 0 Å². The molecular weight excluding hydrogens is 264 g/mol. The van der Waals surface area contributed by atoms with Crippen molar-refractivity contribution in [2.24, 2.45) is 17.6 Å². The molecule has 1 amide bonds. The molecule has 0 radical (unpaired) electrons.